The second kappa shape index (κ2) is 3.19. The summed E-state index contributed by atoms with van der Waals surface area (Å²) in [5.74, 6) is 1.40. The highest BCUT2D eigenvalue weighted by molar-refractivity contribution is 5.12. The largest absolute Gasteiger partial charge is 0.291 e. The topological polar surface area (TPSA) is 3.24 Å². The zero-order chi connectivity index (χ0) is 10.6. The van der Waals surface area contributed by atoms with Crippen LogP contribution in [0.2, 0.25) is 0 Å². The molecule has 0 aromatic rings. The van der Waals surface area contributed by atoms with Gasteiger partial charge in [-0.15, -0.1) is 0 Å². The molecule has 4 rings (SSSR count). The number of hydrogen-bond donors (Lipinski definition) is 0. The summed E-state index contributed by atoms with van der Waals surface area (Å²) in [4.78, 5) is 2.56. The zero-order valence-corrected chi connectivity index (χ0v) is 9.88. The van der Waals surface area contributed by atoms with Gasteiger partial charge in [-0.3, -0.25) is 4.90 Å². The summed E-state index contributed by atoms with van der Waals surface area (Å²) in [6, 6.07) is 0.707. The predicted octanol–water partition coefficient (Wildman–Crippen LogP) is 3.00. The van der Waals surface area contributed by atoms with Gasteiger partial charge in [-0.25, -0.2) is 4.39 Å². The molecular formula is C13H22FN. The van der Waals surface area contributed by atoms with E-state index in [9.17, 15) is 4.39 Å². The highest BCUT2D eigenvalue weighted by atomic mass is 19.1. The Balaban J connectivity index is 1.99. The molecule has 2 bridgehead atoms. The van der Waals surface area contributed by atoms with Crippen molar-refractivity contribution in [2.75, 3.05) is 6.54 Å². The number of hydrogen-bond acceptors (Lipinski definition) is 1. The average Bonchev–Trinajstić information content (AvgIpc) is 2.59. The van der Waals surface area contributed by atoms with E-state index in [-0.39, 0.29) is 5.54 Å². The highest BCUT2D eigenvalue weighted by Gasteiger charge is 2.58. The van der Waals surface area contributed by atoms with Crippen LogP contribution in [0.1, 0.15) is 46.0 Å². The van der Waals surface area contributed by atoms with Crippen molar-refractivity contribution in [1.29, 1.82) is 0 Å². The lowest BCUT2D eigenvalue weighted by Gasteiger charge is -2.58. The van der Waals surface area contributed by atoms with Crippen LogP contribution >= 0.6 is 0 Å². The van der Waals surface area contributed by atoms with E-state index >= 15 is 0 Å². The van der Waals surface area contributed by atoms with Crippen molar-refractivity contribution in [3.05, 3.63) is 0 Å². The molecule has 3 aliphatic heterocycles. The first-order chi connectivity index (χ1) is 7.14. The maximum Gasteiger partial charge on any atom is 0.115 e. The Morgan fingerprint density at radius 2 is 1.87 bits per heavy atom. The van der Waals surface area contributed by atoms with Gasteiger partial charge in [0.2, 0.25) is 0 Å². The molecule has 3 heterocycles. The van der Waals surface area contributed by atoms with E-state index in [1.807, 2.05) is 0 Å². The smallest absolute Gasteiger partial charge is 0.115 e. The number of halogens is 1. The van der Waals surface area contributed by atoms with Crippen molar-refractivity contribution in [2.24, 2.45) is 11.8 Å². The molecule has 2 unspecified atom stereocenters. The van der Waals surface area contributed by atoms with Crippen LogP contribution in [0.4, 0.5) is 4.39 Å². The lowest BCUT2D eigenvalue weighted by atomic mass is 9.62. The maximum atomic E-state index is 13.8. The van der Waals surface area contributed by atoms with Gasteiger partial charge in [0.1, 0.15) is 6.17 Å². The molecule has 1 saturated carbocycles. The molecule has 15 heavy (non-hydrogen) atoms. The lowest BCUT2D eigenvalue weighted by molar-refractivity contribution is -0.0859. The van der Waals surface area contributed by atoms with E-state index in [1.54, 1.807) is 0 Å². The molecule has 4 aliphatic rings. The molecule has 1 aliphatic carbocycles. The van der Waals surface area contributed by atoms with Gasteiger partial charge in [0.15, 0.2) is 0 Å². The average molecular weight is 211 g/mol. The van der Waals surface area contributed by atoms with Gasteiger partial charge in [0.05, 0.1) is 0 Å². The van der Waals surface area contributed by atoms with Crippen molar-refractivity contribution in [3.63, 3.8) is 0 Å². The first-order valence-electron chi connectivity index (χ1n) is 6.55. The van der Waals surface area contributed by atoms with E-state index in [4.69, 9.17) is 0 Å². The van der Waals surface area contributed by atoms with E-state index in [2.05, 4.69) is 18.7 Å². The molecule has 0 spiro atoms. The fourth-order valence-corrected chi connectivity index (χ4v) is 4.74. The summed E-state index contributed by atoms with van der Waals surface area (Å²) in [6.45, 7) is 5.32. The van der Waals surface area contributed by atoms with Crippen molar-refractivity contribution in [3.8, 4) is 0 Å². The second-order valence-electron chi connectivity index (χ2n) is 6.11. The Kier molecular flexibility index (Phi) is 2.14. The maximum absolute atomic E-state index is 13.8. The summed E-state index contributed by atoms with van der Waals surface area (Å²) < 4.78 is 13.8. The van der Waals surface area contributed by atoms with E-state index in [0.717, 1.165) is 18.9 Å². The Labute approximate surface area is 92.0 Å². The minimum atomic E-state index is -0.561. The van der Waals surface area contributed by atoms with Gasteiger partial charge >= 0.3 is 0 Å². The van der Waals surface area contributed by atoms with Crippen LogP contribution in [0.5, 0.6) is 0 Å². The fourth-order valence-electron chi connectivity index (χ4n) is 4.74. The Morgan fingerprint density at radius 3 is 2.40 bits per heavy atom. The van der Waals surface area contributed by atoms with Crippen molar-refractivity contribution in [2.45, 2.75) is 63.7 Å². The van der Waals surface area contributed by atoms with Gasteiger partial charge in [-0.1, -0.05) is 13.8 Å². The third kappa shape index (κ3) is 1.17. The van der Waals surface area contributed by atoms with Crippen LogP contribution in [-0.4, -0.2) is 29.2 Å². The van der Waals surface area contributed by atoms with Gasteiger partial charge in [-0.2, -0.15) is 0 Å². The minimum Gasteiger partial charge on any atom is -0.291 e. The number of alkyl halides is 1. The molecule has 0 N–H and O–H groups in total. The summed E-state index contributed by atoms with van der Waals surface area (Å²) >= 11 is 0. The number of piperidine rings is 2. The molecule has 2 atom stereocenters. The minimum absolute atomic E-state index is 0.237. The molecule has 3 saturated heterocycles. The number of nitrogens with zero attached hydrogens (tertiary/aromatic N) is 1. The van der Waals surface area contributed by atoms with Crippen molar-refractivity contribution < 1.29 is 4.39 Å². The van der Waals surface area contributed by atoms with E-state index in [1.165, 1.54) is 25.7 Å². The van der Waals surface area contributed by atoms with Crippen LogP contribution in [0.25, 0.3) is 0 Å². The summed E-state index contributed by atoms with van der Waals surface area (Å²) in [5.41, 5.74) is 0.237. The summed E-state index contributed by atoms with van der Waals surface area (Å²) in [6.07, 6.45) is 5.61. The molecule has 1 nitrogen and oxygen atoms in total. The predicted molar refractivity (Wildman–Crippen MR) is 59.5 cm³/mol. The van der Waals surface area contributed by atoms with E-state index < -0.39 is 6.17 Å². The molecule has 0 amide bonds. The van der Waals surface area contributed by atoms with Gasteiger partial charge in [-0.05, 0) is 43.9 Å². The monoisotopic (exact) mass is 211 g/mol. The number of rotatable bonds is 1. The van der Waals surface area contributed by atoms with Crippen LogP contribution in [0.15, 0.2) is 0 Å². The summed E-state index contributed by atoms with van der Waals surface area (Å²) in [7, 11) is 0. The fraction of sp³-hybridized carbons (Fsp3) is 1.00. The first kappa shape index (κ1) is 10.1. The Morgan fingerprint density at radius 1 is 1.20 bits per heavy atom. The van der Waals surface area contributed by atoms with Gasteiger partial charge < -0.3 is 0 Å². The molecule has 86 valence electrons. The second-order valence-corrected chi connectivity index (χ2v) is 6.11. The number of fused-ring (bicyclic) bond motifs is 2. The van der Waals surface area contributed by atoms with Gasteiger partial charge in [0, 0.05) is 18.1 Å². The molecule has 0 aromatic heterocycles. The third-order valence-corrected chi connectivity index (χ3v) is 5.32. The Bertz CT molecular complexity index is 257. The zero-order valence-electron chi connectivity index (χ0n) is 9.88. The molecule has 0 radical (unpaired) electrons. The van der Waals surface area contributed by atoms with Crippen molar-refractivity contribution >= 4 is 0 Å². The van der Waals surface area contributed by atoms with Crippen molar-refractivity contribution in [1.82, 2.24) is 4.90 Å². The normalized spacial score (nSPS) is 50.0. The lowest BCUT2D eigenvalue weighted by Crippen LogP contribution is -2.63. The molecular weight excluding hydrogens is 189 g/mol. The SMILES string of the molecule is CC(C)C12CC(F)CN1C1CCC2CC1. The molecule has 4 fully saturated rings. The van der Waals surface area contributed by atoms with Crippen LogP contribution in [0.3, 0.4) is 0 Å². The first-order valence-corrected chi connectivity index (χ1v) is 6.55. The van der Waals surface area contributed by atoms with Crippen LogP contribution in [0, 0.1) is 11.8 Å². The standard InChI is InChI=1S/C13H22FN/c1-9(2)13-7-11(14)8-15(13)12-5-3-10(13)4-6-12/h9-12H,3-8H2,1-2H3. The van der Waals surface area contributed by atoms with Crippen LogP contribution < -0.4 is 0 Å². The summed E-state index contributed by atoms with van der Waals surface area (Å²) in [5, 5.41) is 0. The molecule has 2 heteroatoms. The van der Waals surface area contributed by atoms with E-state index in [0.29, 0.717) is 12.0 Å². The molecule has 0 aromatic carbocycles. The van der Waals surface area contributed by atoms with Gasteiger partial charge in [0.25, 0.3) is 0 Å². The highest BCUT2D eigenvalue weighted by Crippen LogP contribution is 2.55. The van der Waals surface area contributed by atoms with Crippen LogP contribution in [-0.2, 0) is 0 Å². The quantitative estimate of drug-likeness (QED) is 0.644. The Hall–Kier alpha value is -0.110. The third-order valence-electron chi connectivity index (χ3n) is 5.32.